The van der Waals surface area contributed by atoms with Crippen LogP contribution < -0.4 is 11.0 Å². The van der Waals surface area contributed by atoms with Crippen LogP contribution in [-0.2, 0) is 7.05 Å². The zero-order valence-electron chi connectivity index (χ0n) is 15.8. The maximum absolute atomic E-state index is 12.4. The molecular weight excluding hydrogens is 328 g/mol. The molecule has 1 amide bonds. The standard InChI is InChI=1S/C20H26N4O2/c1-14(2)8-7-9-15(3)12-13-21-22-19(25)18-16-10-5-6-11-17(16)20(26)24(4)23-18/h5-6,8,10-11,13,15H,7,9,12H2,1-4H3,(H,22,25)/b21-13-/t15-/m0/s1. The van der Waals surface area contributed by atoms with Gasteiger partial charge in [0, 0.05) is 18.6 Å². The lowest BCUT2D eigenvalue weighted by molar-refractivity contribution is 0.0949. The molecule has 1 aromatic carbocycles. The van der Waals surface area contributed by atoms with Gasteiger partial charge in [-0.05, 0) is 45.1 Å². The van der Waals surface area contributed by atoms with Crippen molar-refractivity contribution in [1.29, 1.82) is 0 Å². The lowest BCUT2D eigenvalue weighted by Crippen LogP contribution is -2.27. The minimum Gasteiger partial charge on any atom is -0.267 e. The molecule has 0 radical (unpaired) electrons. The Morgan fingerprint density at radius 1 is 1.31 bits per heavy atom. The lowest BCUT2D eigenvalue weighted by Gasteiger charge is -2.07. The first-order valence-corrected chi connectivity index (χ1v) is 8.81. The first kappa shape index (κ1) is 19.6. The Kier molecular flexibility index (Phi) is 6.83. The van der Waals surface area contributed by atoms with Gasteiger partial charge < -0.3 is 0 Å². The smallest absolute Gasteiger partial charge is 0.267 e. The highest BCUT2D eigenvalue weighted by molar-refractivity contribution is 6.04. The van der Waals surface area contributed by atoms with Crippen molar-refractivity contribution in [2.24, 2.45) is 18.1 Å². The van der Waals surface area contributed by atoms with E-state index in [-0.39, 0.29) is 11.3 Å². The van der Waals surface area contributed by atoms with Crippen LogP contribution in [0.3, 0.4) is 0 Å². The maximum Gasteiger partial charge on any atom is 0.292 e. The normalized spacial score (nSPS) is 12.3. The minimum atomic E-state index is -0.426. The molecule has 2 rings (SSSR count). The molecule has 6 nitrogen and oxygen atoms in total. The van der Waals surface area contributed by atoms with E-state index in [0.29, 0.717) is 16.7 Å². The number of nitrogens with one attached hydrogen (secondary N) is 1. The Morgan fingerprint density at radius 2 is 2.00 bits per heavy atom. The SMILES string of the molecule is CC(C)=CCC[C@H](C)C/C=N\NC(=O)c1nn(C)c(=O)c2ccccc12. The van der Waals surface area contributed by atoms with Gasteiger partial charge in [0.1, 0.15) is 0 Å². The van der Waals surface area contributed by atoms with Gasteiger partial charge in [0.15, 0.2) is 5.69 Å². The summed E-state index contributed by atoms with van der Waals surface area (Å²) in [6, 6.07) is 6.94. The highest BCUT2D eigenvalue weighted by Crippen LogP contribution is 2.13. The number of hydrogen-bond donors (Lipinski definition) is 1. The summed E-state index contributed by atoms with van der Waals surface area (Å²) in [5, 5.41) is 9.10. The second kappa shape index (κ2) is 9.08. The fourth-order valence-corrected chi connectivity index (χ4v) is 2.63. The molecule has 0 unspecified atom stereocenters. The molecule has 6 heteroatoms. The topological polar surface area (TPSA) is 76.3 Å². The highest BCUT2D eigenvalue weighted by atomic mass is 16.2. The van der Waals surface area contributed by atoms with E-state index in [4.69, 9.17) is 0 Å². The van der Waals surface area contributed by atoms with Gasteiger partial charge in [0.2, 0.25) is 0 Å². The van der Waals surface area contributed by atoms with Crippen molar-refractivity contribution in [2.45, 2.75) is 40.0 Å². The van der Waals surface area contributed by atoms with E-state index >= 15 is 0 Å². The van der Waals surface area contributed by atoms with Crippen LogP contribution >= 0.6 is 0 Å². The van der Waals surface area contributed by atoms with Crippen LogP contribution in [0.2, 0.25) is 0 Å². The first-order valence-electron chi connectivity index (χ1n) is 8.81. The number of carbonyl (C=O) groups excluding carboxylic acids is 1. The molecule has 0 saturated heterocycles. The van der Waals surface area contributed by atoms with E-state index in [1.165, 1.54) is 17.3 Å². The molecule has 138 valence electrons. The zero-order chi connectivity index (χ0) is 19.1. The van der Waals surface area contributed by atoms with Crippen LogP contribution in [0.4, 0.5) is 0 Å². The third kappa shape index (κ3) is 5.12. The predicted octanol–water partition coefficient (Wildman–Crippen LogP) is 3.42. The number of nitrogens with zero attached hydrogens (tertiary/aromatic N) is 3. The van der Waals surface area contributed by atoms with E-state index in [0.717, 1.165) is 19.3 Å². The van der Waals surface area contributed by atoms with Gasteiger partial charge in [-0.1, -0.05) is 36.8 Å². The van der Waals surface area contributed by atoms with Crippen molar-refractivity contribution in [2.75, 3.05) is 0 Å². The van der Waals surface area contributed by atoms with Gasteiger partial charge in [0.05, 0.1) is 5.39 Å². The maximum atomic E-state index is 12.4. The van der Waals surface area contributed by atoms with Crippen molar-refractivity contribution < 1.29 is 4.79 Å². The number of hydrazone groups is 1. The largest absolute Gasteiger partial charge is 0.292 e. The molecule has 0 fully saturated rings. The summed E-state index contributed by atoms with van der Waals surface area (Å²) >= 11 is 0. The quantitative estimate of drug-likeness (QED) is 0.470. The van der Waals surface area contributed by atoms with Crippen molar-refractivity contribution in [3.8, 4) is 0 Å². The summed E-state index contributed by atoms with van der Waals surface area (Å²) in [6.07, 6.45) is 6.87. The van der Waals surface area contributed by atoms with Gasteiger partial charge in [-0.15, -0.1) is 0 Å². The van der Waals surface area contributed by atoms with Gasteiger partial charge in [-0.25, -0.2) is 10.1 Å². The molecule has 0 aliphatic heterocycles. The number of aryl methyl sites for hydroxylation is 1. The van der Waals surface area contributed by atoms with Crippen molar-refractivity contribution in [3.63, 3.8) is 0 Å². The molecule has 1 heterocycles. The third-order valence-corrected chi connectivity index (χ3v) is 4.15. The first-order chi connectivity index (χ1) is 12.4. The Labute approximate surface area is 153 Å². The minimum absolute atomic E-state index is 0.191. The van der Waals surface area contributed by atoms with Crippen LogP contribution in [0.5, 0.6) is 0 Å². The Morgan fingerprint density at radius 3 is 2.69 bits per heavy atom. The third-order valence-electron chi connectivity index (χ3n) is 4.15. The van der Waals surface area contributed by atoms with E-state index < -0.39 is 5.91 Å². The number of fused-ring (bicyclic) bond motifs is 1. The molecule has 1 aromatic heterocycles. The summed E-state index contributed by atoms with van der Waals surface area (Å²) in [4.78, 5) is 24.5. The Bertz CT molecular complexity index is 892. The Balaban J connectivity index is 2.00. The number of benzene rings is 1. The molecule has 26 heavy (non-hydrogen) atoms. The molecule has 0 saturated carbocycles. The van der Waals surface area contributed by atoms with Crippen LogP contribution in [-0.4, -0.2) is 21.9 Å². The van der Waals surface area contributed by atoms with Gasteiger partial charge in [-0.3, -0.25) is 9.59 Å². The summed E-state index contributed by atoms with van der Waals surface area (Å²) in [5.74, 6) is 0.0630. The molecule has 0 aliphatic carbocycles. The number of hydrogen-bond acceptors (Lipinski definition) is 4. The second-order valence-electron chi connectivity index (χ2n) is 6.78. The number of aromatic nitrogens is 2. The Hall–Kier alpha value is -2.76. The summed E-state index contributed by atoms with van der Waals surface area (Å²) in [6.45, 7) is 6.35. The number of allylic oxidation sites excluding steroid dienone is 2. The average molecular weight is 354 g/mol. The fourth-order valence-electron chi connectivity index (χ4n) is 2.63. The monoisotopic (exact) mass is 354 g/mol. The van der Waals surface area contributed by atoms with Crippen molar-refractivity contribution >= 4 is 22.9 Å². The van der Waals surface area contributed by atoms with Gasteiger partial charge in [0.25, 0.3) is 11.5 Å². The van der Waals surface area contributed by atoms with E-state index in [1.807, 2.05) is 0 Å². The van der Waals surface area contributed by atoms with Crippen LogP contribution in [0.15, 0.2) is 45.8 Å². The lowest BCUT2D eigenvalue weighted by atomic mass is 10.0. The number of carbonyl (C=O) groups is 1. The molecule has 0 aliphatic rings. The molecule has 1 N–H and O–H groups in total. The van der Waals surface area contributed by atoms with Crippen LogP contribution in [0.25, 0.3) is 10.8 Å². The summed E-state index contributed by atoms with van der Waals surface area (Å²) in [7, 11) is 1.53. The molecule has 0 bridgehead atoms. The number of amides is 1. The van der Waals surface area contributed by atoms with E-state index in [9.17, 15) is 9.59 Å². The zero-order valence-corrected chi connectivity index (χ0v) is 15.8. The molecule has 1 atom stereocenters. The number of rotatable bonds is 7. The highest BCUT2D eigenvalue weighted by Gasteiger charge is 2.14. The second-order valence-corrected chi connectivity index (χ2v) is 6.78. The van der Waals surface area contributed by atoms with Crippen LogP contribution in [0.1, 0.15) is 50.5 Å². The summed E-state index contributed by atoms with van der Waals surface area (Å²) < 4.78 is 1.17. The summed E-state index contributed by atoms with van der Waals surface area (Å²) in [5.41, 5.74) is 3.80. The fraction of sp³-hybridized carbons (Fsp3) is 0.400. The predicted molar refractivity (Wildman–Crippen MR) is 105 cm³/mol. The molecule has 0 spiro atoms. The average Bonchev–Trinajstić information content (AvgIpc) is 2.61. The van der Waals surface area contributed by atoms with Gasteiger partial charge >= 0.3 is 0 Å². The van der Waals surface area contributed by atoms with Crippen molar-refractivity contribution in [1.82, 2.24) is 15.2 Å². The van der Waals surface area contributed by atoms with E-state index in [1.54, 1.807) is 30.5 Å². The van der Waals surface area contributed by atoms with E-state index in [2.05, 4.69) is 42.5 Å². The molecule has 2 aromatic rings. The van der Waals surface area contributed by atoms with Crippen LogP contribution in [0, 0.1) is 5.92 Å². The molecular formula is C20H26N4O2. The van der Waals surface area contributed by atoms with Gasteiger partial charge in [-0.2, -0.15) is 10.2 Å². The van der Waals surface area contributed by atoms with Crippen molar-refractivity contribution in [3.05, 3.63) is 52.0 Å².